The van der Waals surface area contributed by atoms with E-state index in [4.69, 9.17) is 9.05 Å². The van der Waals surface area contributed by atoms with Gasteiger partial charge in [0.15, 0.2) is 0 Å². The largest absolute Gasteiger partial charge is 0.472 e. The Hall–Kier alpha value is -2.84. The fraction of sp³-hybridized carbons (Fsp3) is 0.725. The van der Waals surface area contributed by atoms with E-state index >= 15 is 0 Å². The number of phosphoric ester groups is 1. The highest BCUT2D eigenvalue weighted by atomic mass is 31.2. The Morgan fingerprint density at radius 1 is 0.449 bits per heavy atom. The molecule has 0 radical (unpaired) electrons. The average molecular weight is 1110 g/mol. The minimum atomic E-state index is -4.36. The molecule has 9 heteroatoms. The summed E-state index contributed by atoms with van der Waals surface area (Å²) in [6.07, 6.45) is 86.3. The Morgan fingerprint density at radius 2 is 0.769 bits per heavy atom. The van der Waals surface area contributed by atoms with Crippen LogP contribution in [0.1, 0.15) is 271 Å². The van der Waals surface area contributed by atoms with E-state index < -0.39 is 20.0 Å². The van der Waals surface area contributed by atoms with Gasteiger partial charge in [-0.1, -0.05) is 290 Å². The van der Waals surface area contributed by atoms with Crippen LogP contribution in [0, 0.1) is 0 Å². The van der Waals surface area contributed by atoms with E-state index in [0.29, 0.717) is 17.4 Å². The predicted octanol–water partition coefficient (Wildman–Crippen LogP) is 20.3. The minimum Gasteiger partial charge on any atom is -0.387 e. The Labute approximate surface area is 482 Å². The van der Waals surface area contributed by atoms with E-state index in [1.807, 2.05) is 27.2 Å². The molecule has 3 N–H and O–H groups in total. The fourth-order valence-electron chi connectivity index (χ4n) is 9.00. The van der Waals surface area contributed by atoms with Gasteiger partial charge in [0.1, 0.15) is 13.2 Å². The molecule has 78 heavy (non-hydrogen) atoms. The third kappa shape index (κ3) is 60.8. The van der Waals surface area contributed by atoms with Crippen LogP contribution in [-0.2, 0) is 18.4 Å². The Bertz CT molecular complexity index is 1640. The fourth-order valence-corrected chi connectivity index (χ4v) is 9.74. The second kappa shape index (κ2) is 58.8. The van der Waals surface area contributed by atoms with Crippen LogP contribution in [0.3, 0.4) is 0 Å². The quantitative estimate of drug-likeness (QED) is 0.0243. The van der Waals surface area contributed by atoms with Gasteiger partial charge in [-0.15, -0.1) is 0 Å². The molecule has 0 aliphatic rings. The number of carbonyl (C=O) groups is 1. The summed E-state index contributed by atoms with van der Waals surface area (Å²) in [7, 11) is 1.57. The van der Waals surface area contributed by atoms with Gasteiger partial charge in [0.25, 0.3) is 0 Å². The molecule has 3 atom stereocenters. The number of aliphatic hydroxyl groups is 1. The summed E-state index contributed by atoms with van der Waals surface area (Å²) >= 11 is 0. The Balaban J connectivity index is 4.11. The monoisotopic (exact) mass is 1110 g/mol. The van der Waals surface area contributed by atoms with Crippen LogP contribution < -0.4 is 5.32 Å². The first-order valence-corrected chi connectivity index (χ1v) is 33.8. The van der Waals surface area contributed by atoms with Crippen LogP contribution in [0.4, 0.5) is 0 Å². The smallest absolute Gasteiger partial charge is 0.387 e. The van der Waals surface area contributed by atoms with Gasteiger partial charge in [-0.25, -0.2) is 4.57 Å². The molecular formula is C69H124N2O6P+. The number of allylic oxidation sites excluding steroid dienone is 17. The van der Waals surface area contributed by atoms with Crippen molar-refractivity contribution < 1.29 is 32.9 Å². The highest BCUT2D eigenvalue weighted by Crippen LogP contribution is 2.43. The van der Waals surface area contributed by atoms with E-state index in [1.54, 1.807) is 6.08 Å². The number of unbranched alkanes of at least 4 members (excludes halogenated alkanes) is 29. The first-order chi connectivity index (χ1) is 38.0. The minimum absolute atomic E-state index is 0.0575. The highest BCUT2D eigenvalue weighted by Gasteiger charge is 2.27. The standard InChI is InChI=1S/C69H123N2O6P/c1-6-8-10-12-14-16-18-20-22-24-26-27-28-29-30-31-32-33-34-35-36-37-38-39-40-41-42-43-45-47-49-51-53-55-57-59-61-63-69(73)70-67(66-77-78(74,75)76-65-64-71(3,4)5)68(72)62-60-58-56-54-52-50-48-46-44-25-23-21-19-17-15-13-11-9-7-2/h8,10,14,16,20,22,26-27,29-30,32-33,35-36,38-39,60,62,67-68,72H,6-7,9,11-13,15,17-19,21,23-25,28,31,34,37,40-59,61,63-66H2,1-5H3,(H-,70,73,74,75)/p+1/b10-8-,16-14-,22-20-,27-26-,30-29-,33-32-,36-35-,39-38-,62-60+. The Kier molecular flexibility index (Phi) is 56.7. The number of phosphoric acid groups is 1. The van der Waals surface area contributed by atoms with Crippen LogP contribution >= 0.6 is 7.82 Å². The summed E-state index contributed by atoms with van der Waals surface area (Å²) in [4.78, 5) is 23.4. The molecule has 8 nitrogen and oxygen atoms in total. The van der Waals surface area contributed by atoms with Crippen molar-refractivity contribution in [3.63, 3.8) is 0 Å². The first kappa shape index (κ1) is 75.2. The third-order valence-corrected chi connectivity index (χ3v) is 15.0. The lowest BCUT2D eigenvalue weighted by molar-refractivity contribution is -0.870. The van der Waals surface area contributed by atoms with Crippen molar-refractivity contribution in [2.75, 3.05) is 40.9 Å². The predicted molar refractivity (Wildman–Crippen MR) is 341 cm³/mol. The molecule has 0 saturated heterocycles. The van der Waals surface area contributed by atoms with Crippen LogP contribution in [0.25, 0.3) is 0 Å². The second-order valence-electron chi connectivity index (χ2n) is 22.8. The van der Waals surface area contributed by atoms with E-state index in [2.05, 4.69) is 116 Å². The van der Waals surface area contributed by atoms with Gasteiger partial charge in [-0.05, 0) is 83.5 Å². The van der Waals surface area contributed by atoms with Gasteiger partial charge >= 0.3 is 7.82 Å². The van der Waals surface area contributed by atoms with E-state index in [1.165, 1.54) is 161 Å². The Morgan fingerprint density at radius 3 is 1.13 bits per heavy atom. The molecule has 0 spiro atoms. The van der Waals surface area contributed by atoms with Crippen molar-refractivity contribution in [3.8, 4) is 0 Å². The van der Waals surface area contributed by atoms with Crippen LogP contribution in [-0.4, -0.2) is 73.4 Å². The molecule has 3 unspecified atom stereocenters. The maximum Gasteiger partial charge on any atom is 0.472 e. The van der Waals surface area contributed by atoms with Crippen LogP contribution in [0.2, 0.25) is 0 Å². The lowest BCUT2D eigenvalue weighted by Crippen LogP contribution is -2.45. The molecule has 0 saturated carbocycles. The zero-order valence-corrected chi connectivity index (χ0v) is 52.3. The van der Waals surface area contributed by atoms with Gasteiger partial charge in [0.2, 0.25) is 5.91 Å². The molecule has 0 aromatic heterocycles. The van der Waals surface area contributed by atoms with Gasteiger partial charge in [-0.2, -0.15) is 0 Å². The lowest BCUT2D eigenvalue weighted by Gasteiger charge is -2.25. The van der Waals surface area contributed by atoms with Gasteiger partial charge in [-0.3, -0.25) is 13.8 Å². The lowest BCUT2D eigenvalue weighted by atomic mass is 10.0. The molecule has 0 aliphatic carbocycles. The molecule has 450 valence electrons. The van der Waals surface area contributed by atoms with Crippen molar-refractivity contribution in [1.29, 1.82) is 0 Å². The molecule has 0 heterocycles. The molecule has 0 aliphatic heterocycles. The number of nitrogens with zero attached hydrogens (tertiary/aromatic N) is 1. The van der Waals surface area contributed by atoms with Crippen molar-refractivity contribution in [2.24, 2.45) is 0 Å². The average Bonchev–Trinajstić information content (AvgIpc) is 3.41. The van der Waals surface area contributed by atoms with E-state index in [9.17, 15) is 19.4 Å². The molecule has 1 amide bonds. The second-order valence-corrected chi connectivity index (χ2v) is 24.2. The zero-order chi connectivity index (χ0) is 57.0. The van der Waals surface area contributed by atoms with Crippen molar-refractivity contribution in [3.05, 3.63) is 109 Å². The summed E-state index contributed by atoms with van der Waals surface area (Å²) in [5.74, 6) is -0.181. The first-order valence-electron chi connectivity index (χ1n) is 32.3. The molecule has 0 fully saturated rings. The summed E-state index contributed by atoms with van der Waals surface area (Å²) in [6, 6.07) is -0.854. The number of hydrogen-bond acceptors (Lipinski definition) is 5. The number of amides is 1. The molecule has 0 aromatic rings. The molecular weight excluding hydrogens is 984 g/mol. The summed E-state index contributed by atoms with van der Waals surface area (Å²) in [5.41, 5.74) is 0. The number of likely N-dealkylation sites (N-methyl/N-ethyl adjacent to an activating group) is 1. The number of quaternary nitrogens is 1. The van der Waals surface area contributed by atoms with Gasteiger partial charge in [0, 0.05) is 6.42 Å². The molecule has 0 bridgehead atoms. The van der Waals surface area contributed by atoms with Crippen molar-refractivity contribution in [2.45, 2.75) is 283 Å². The molecule has 0 aromatic carbocycles. The normalized spacial score (nSPS) is 14.5. The van der Waals surface area contributed by atoms with Crippen molar-refractivity contribution in [1.82, 2.24) is 5.32 Å². The van der Waals surface area contributed by atoms with Crippen LogP contribution in [0.5, 0.6) is 0 Å². The van der Waals surface area contributed by atoms with Crippen LogP contribution in [0.15, 0.2) is 109 Å². The maximum atomic E-state index is 13.0. The topological polar surface area (TPSA) is 105 Å². The molecule has 0 rings (SSSR count). The summed E-state index contributed by atoms with van der Waals surface area (Å²) in [6.45, 7) is 4.71. The number of nitrogens with one attached hydrogen (secondary N) is 1. The zero-order valence-electron chi connectivity index (χ0n) is 51.4. The van der Waals surface area contributed by atoms with E-state index in [-0.39, 0.29) is 19.1 Å². The van der Waals surface area contributed by atoms with Gasteiger partial charge in [0.05, 0.1) is 39.9 Å². The maximum absolute atomic E-state index is 13.0. The number of carbonyl (C=O) groups excluding carboxylic acids is 1. The number of aliphatic hydroxyl groups excluding tert-OH is 1. The third-order valence-electron chi connectivity index (χ3n) is 14.0. The van der Waals surface area contributed by atoms with Gasteiger partial charge < -0.3 is 19.8 Å². The number of hydrogen-bond donors (Lipinski definition) is 3. The SMILES string of the molecule is CC/C=C\C/C=C\C/C=C\C/C=C\C/C=C\C/C=C\C/C=C\C/C=C\CCCCCCCCCCCCCCC(=O)NC(COP(=O)(O)OCC[N+](C)(C)C)C(O)/C=C/CCCCCCCCCCCCCCCCCCC. The number of rotatable bonds is 58. The van der Waals surface area contributed by atoms with E-state index in [0.717, 1.165) is 89.9 Å². The highest BCUT2D eigenvalue weighted by molar-refractivity contribution is 7.47. The van der Waals surface area contributed by atoms with Crippen molar-refractivity contribution >= 4 is 13.7 Å². The summed E-state index contributed by atoms with van der Waals surface area (Å²) in [5, 5.41) is 14.0. The summed E-state index contributed by atoms with van der Waals surface area (Å²) < 4.78 is 23.8.